The molecule has 3 heteroatoms. The summed E-state index contributed by atoms with van der Waals surface area (Å²) < 4.78 is 18.8. The molecular formula is C18H30FNO. The molecule has 2 nitrogen and oxygen atoms in total. The molecule has 0 fully saturated rings. The average Bonchev–Trinajstić information content (AvgIpc) is 2.37. The smallest absolute Gasteiger partial charge is 0.165 e. The molecule has 0 aliphatic heterocycles. The van der Waals surface area contributed by atoms with E-state index in [1.165, 1.54) is 7.11 Å². The Morgan fingerprint density at radius 1 is 1.10 bits per heavy atom. The largest absolute Gasteiger partial charge is 0.494 e. The lowest BCUT2D eigenvalue weighted by atomic mass is 9.90. The molecule has 1 atom stereocenters. The Morgan fingerprint density at radius 2 is 1.81 bits per heavy atom. The SMILES string of the molecule is COc1ccc(CC(CNCC(C)C)CC(C)C)cc1F. The molecule has 0 saturated heterocycles. The minimum atomic E-state index is -0.270. The lowest BCUT2D eigenvalue weighted by molar-refractivity contribution is 0.372. The number of benzene rings is 1. The fourth-order valence-corrected chi connectivity index (χ4v) is 2.65. The van der Waals surface area contributed by atoms with Gasteiger partial charge in [0.1, 0.15) is 0 Å². The summed E-state index contributed by atoms with van der Waals surface area (Å²) in [6.07, 6.45) is 2.06. The molecule has 1 aromatic carbocycles. The monoisotopic (exact) mass is 295 g/mol. The van der Waals surface area contributed by atoms with Crippen LogP contribution in [0.5, 0.6) is 5.75 Å². The number of hydrogen-bond acceptors (Lipinski definition) is 2. The number of nitrogens with one attached hydrogen (secondary N) is 1. The van der Waals surface area contributed by atoms with E-state index in [9.17, 15) is 4.39 Å². The van der Waals surface area contributed by atoms with Crippen LogP contribution >= 0.6 is 0 Å². The number of methoxy groups -OCH3 is 1. The molecule has 0 aliphatic rings. The van der Waals surface area contributed by atoms with E-state index in [0.29, 0.717) is 23.5 Å². The lowest BCUT2D eigenvalue weighted by Gasteiger charge is -2.21. The van der Waals surface area contributed by atoms with Crippen LogP contribution in [0.1, 0.15) is 39.7 Å². The van der Waals surface area contributed by atoms with Gasteiger partial charge in [-0.2, -0.15) is 0 Å². The molecule has 120 valence electrons. The number of rotatable bonds is 9. The van der Waals surface area contributed by atoms with Crippen LogP contribution < -0.4 is 10.1 Å². The van der Waals surface area contributed by atoms with E-state index in [0.717, 1.165) is 31.5 Å². The highest BCUT2D eigenvalue weighted by atomic mass is 19.1. The molecule has 1 N–H and O–H groups in total. The van der Waals surface area contributed by atoms with E-state index in [-0.39, 0.29) is 5.82 Å². The molecule has 1 aromatic rings. The van der Waals surface area contributed by atoms with Crippen LogP contribution in [0.2, 0.25) is 0 Å². The zero-order valence-electron chi connectivity index (χ0n) is 14.1. The van der Waals surface area contributed by atoms with Crippen molar-refractivity contribution in [3.05, 3.63) is 29.6 Å². The number of halogens is 1. The second kappa shape index (κ2) is 9.04. The summed E-state index contributed by atoms with van der Waals surface area (Å²) in [5, 5.41) is 3.53. The molecule has 0 amide bonds. The first kappa shape index (κ1) is 18.0. The molecule has 0 heterocycles. The summed E-state index contributed by atoms with van der Waals surface area (Å²) in [6, 6.07) is 5.30. The van der Waals surface area contributed by atoms with Crippen molar-refractivity contribution >= 4 is 0 Å². The van der Waals surface area contributed by atoms with E-state index in [4.69, 9.17) is 4.74 Å². The fraction of sp³-hybridized carbons (Fsp3) is 0.667. The Hall–Kier alpha value is -1.09. The summed E-state index contributed by atoms with van der Waals surface area (Å²) in [6.45, 7) is 10.9. The van der Waals surface area contributed by atoms with Gasteiger partial charge in [-0.1, -0.05) is 33.8 Å². The number of ether oxygens (including phenoxy) is 1. The summed E-state index contributed by atoms with van der Waals surface area (Å²) in [7, 11) is 1.50. The molecule has 1 rings (SSSR count). The molecule has 0 radical (unpaired) electrons. The van der Waals surface area contributed by atoms with Gasteiger partial charge in [0, 0.05) is 0 Å². The summed E-state index contributed by atoms with van der Waals surface area (Å²) >= 11 is 0. The van der Waals surface area contributed by atoms with Crippen molar-refractivity contribution in [1.29, 1.82) is 0 Å². The first-order chi connectivity index (χ1) is 9.92. The van der Waals surface area contributed by atoms with Gasteiger partial charge in [-0.05, 0) is 61.4 Å². The molecule has 1 unspecified atom stereocenters. The number of hydrogen-bond donors (Lipinski definition) is 1. The second-order valence-electron chi connectivity index (χ2n) is 6.72. The van der Waals surface area contributed by atoms with Crippen LogP contribution in [-0.2, 0) is 6.42 Å². The van der Waals surface area contributed by atoms with Gasteiger partial charge in [0.15, 0.2) is 11.6 Å². The predicted octanol–water partition coefficient (Wildman–Crippen LogP) is 4.28. The maximum absolute atomic E-state index is 13.8. The van der Waals surface area contributed by atoms with Crippen LogP contribution in [0.4, 0.5) is 4.39 Å². The van der Waals surface area contributed by atoms with Gasteiger partial charge in [0.2, 0.25) is 0 Å². The lowest BCUT2D eigenvalue weighted by Crippen LogP contribution is -2.28. The normalized spacial score (nSPS) is 13.0. The highest BCUT2D eigenvalue weighted by Crippen LogP contribution is 2.22. The van der Waals surface area contributed by atoms with Crippen molar-refractivity contribution in [2.24, 2.45) is 17.8 Å². The van der Waals surface area contributed by atoms with Crippen LogP contribution in [-0.4, -0.2) is 20.2 Å². The van der Waals surface area contributed by atoms with Gasteiger partial charge in [0.05, 0.1) is 7.11 Å². The molecular weight excluding hydrogens is 265 g/mol. The molecule has 0 aromatic heterocycles. The molecule has 21 heavy (non-hydrogen) atoms. The van der Waals surface area contributed by atoms with Gasteiger partial charge in [0.25, 0.3) is 0 Å². The Bertz CT molecular complexity index is 418. The van der Waals surface area contributed by atoms with Crippen molar-refractivity contribution in [2.75, 3.05) is 20.2 Å². The maximum atomic E-state index is 13.8. The van der Waals surface area contributed by atoms with Crippen molar-refractivity contribution in [2.45, 2.75) is 40.5 Å². The van der Waals surface area contributed by atoms with Crippen molar-refractivity contribution < 1.29 is 9.13 Å². The fourth-order valence-electron chi connectivity index (χ4n) is 2.65. The van der Waals surface area contributed by atoms with E-state index in [1.807, 2.05) is 6.07 Å². The highest BCUT2D eigenvalue weighted by Gasteiger charge is 2.13. The summed E-state index contributed by atoms with van der Waals surface area (Å²) in [4.78, 5) is 0. The van der Waals surface area contributed by atoms with Crippen LogP contribution in [0.3, 0.4) is 0 Å². The summed E-state index contributed by atoms with van der Waals surface area (Å²) in [5.74, 6) is 1.89. The van der Waals surface area contributed by atoms with E-state index >= 15 is 0 Å². The zero-order valence-corrected chi connectivity index (χ0v) is 14.1. The third-order valence-electron chi connectivity index (χ3n) is 3.53. The topological polar surface area (TPSA) is 21.3 Å². The first-order valence-electron chi connectivity index (χ1n) is 7.95. The predicted molar refractivity (Wildman–Crippen MR) is 87.3 cm³/mol. The Morgan fingerprint density at radius 3 is 2.33 bits per heavy atom. The van der Waals surface area contributed by atoms with Crippen molar-refractivity contribution in [3.63, 3.8) is 0 Å². The Kier molecular flexibility index (Phi) is 7.73. The van der Waals surface area contributed by atoms with Gasteiger partial charge in [-0.15, -0.1) is 0 Å². The molecule has 0 aliphatic carbocycles. The van der Waals surface area contributed by atoms with Gasteiger partial charge >= 0.3 is 0 Å². The second-order valence-corrected chi connectivity index (χ2v) is 6.72. The van der Waals surface area contributed by atoms with Crippen molar-refractivity contribution in [3.8, 4) is 5.75 Å². The third kappa shape index (κ3) is 6.94. The van der Waals surface area contributed by atoms with Crippen LogP contribution in [0, 0.1) is 23.6 Å². The van der Waals surface area contributed by atoms with Gasteiger partial charge < -0.3 is 10.1 Å². The highest BCUT2D eigenvalue weighted by molar-refractivity contribution is 5.29. The summed E-state index contributed by atoms with van der Waals surface area (Å²) in [5.41, 5.74) is 1.05. The van der Waals surface area contributed by atoms with Crippen molar-refractivity contribution in [1.82, 2.24) is 5.32 Å². The van der Waals surface area contributed by atoms with Gasteiger partial charge in [-0.3, -0.25) is 0 Å². The molecule has 0 bridgehead atoms. The van der Waals surface area contributed by atoms with Gasteiger partial charge in [-0.25, -0.2) is 4.39 Å². The van der Waals surface area contributed by atoms with Crippen LogP contribution in [0.15, 0.2) is 18.2 Å². The molecule has 0 spiro atoms. The van der Waals surface area contributed by atoms with E-state index in [1.54, 1.807) is 12.1 Å². The Labute approximate surface area is 129 Å². The standard InChI is InChI=1S/C18H30FNO/c1-13(2)8-16(12-20-11-14(3)4)9-15-6-7-18(21-5)17(19)10-15/h6-7,10,13-14,16,20H,8-9,11-12H2,1-5H3. The van der Waals surface area contributed by atoms with Crippen LogP contribution in [0.25, 0.3) is 0 Å². The zero-order chi connectivity index (χ0) is 15.8. The maximum Gasteiger partial charge on any atom is 0.165 e. The minimum absolute atomic E-state index is 0.270. The average molecular weight is 295 g/mol. The van der Waals surface area contributed by atoms with E-state index in [2.05, 4.69) is 33.0 Å². The molecule has 0 saturated carbocycles. The minimum Gasteiger partial charge on any atom is -0.494 e. The third-order valence-corrected chi connectivity index (χ3v) is 3.53. The van der Waals surface area contributed by atoms with E-state index < -0.39 is 0 Å². The quantitative estimate of drug-likeness (QED) is 0.734. The first-order valence-corrected chi connectivity index (χ1v) is 7.95. The Balaban J connectivity index is 2.64.